The van der Waals surface area contributed by atoms with Crippen LogP contribution in [0.2, 0.25) is 0 Å². The molecule has 5 nitrogen and oxygen atoms in total. The molecule has 0 bridgehead atoms. The Bertz CT molecular complexity index is 506. The van der Waals surface area contributed by atoms with E-state index in [9.17, 15) is 0 Å². The molecule has 5 heteroatoms. The van der Waals surface area contributed by atoms with E-state index in [-0.39, 0.29) is 0 Å². The molecular weight excluding hydrogens is 226 g/mol. The highest BCUT2D eigenvalue weighted by molar-refractivity contribution is 5.51. The van der Waals surface area contributed by atoms with Crippen LogP contribution in [-0.2, 0) is 20.1 Å². The zero-order chi connectivity index (χ0) is 13.0. The summed E-state index contributed by atoms with van der Waals surface area (Å²) in [6.07, 6.45) is 7.66. The molecule has 18 heavy (non-hydrogen) atoms. The largest absolute Gasteiger partial charge is 0.369 e. The first-order valence-corrected chi connectivity index (χ1v) is 5.97. The van der Waals surface area contributed by atoms with Gasteiger partial charge in [0.25, 0.3) is 0 Å². The van der Waals surface area contributed by atoms with Gasteiger partial charge in [-0.05, 0) is 18.7 Å². The smallest absolute Gasteiger partial charge is 0.0598 e. The number of pyridine rings is 1. The number of aryl methyl sites for hydroxylation is 1. The number of aromatic nitrogens is 3. The highest BCUT2D eigenvalue weighted by atomic mass is 15.2. The van der Waals surface area contributed by atoms with Crippen LogP contribution in [0.25, 0.3) is 0 Å². The van der Waals surface area contributed by atoms with Gasteiger partial charge in [-0.2, -0.15) is 5.10 Å². The molecule has 2 heterocycles. The SMILES string of the molecule is CNCc1ccncc1N(C)Cc1cnn(C)c1. The van der Waals surface area contributed by atoms with E-state index < -0.39 is 0 Å². The lowest BCUT2D eigenvalue weighted by Crippen LogP contribution is -2.19. The molecule has 0 aromatic carbocycles. The number of rotatable bonds is 5. The lowest BCUT2D eigenvalue weighted by molar-refractivity contribution is 0.766. The quantitative estimate of drug-likeness (QED) is 0.859. The Labute approximate surface area is 107 Å². The van der Waals surface area contributed by atoms with Crippen molar-refractivity contribution in [3.05, 3.63) is 42.0 Å². The summed E-state index contributed by atoms with van der Waals surface area (Å²) in [5, 5.41) is 7.36. The lowest BCUT2D eigenvalue weighted by atomic mass is 10.2. The van der Waals surface area contributed by atoms with Gasteiger partial charge in [-0.3, -0.25) is 9.67 Å². The fourth-order valence-electron chi connectivity index (χ4n) is 2.01. The molecule has 2 aromatic heterocycles. The van der Waals surface area contributed by atoms with Crippen molar-refractivity contribution in [3.8, 4) is 0 Å². The van der Waals surface area contributed by atoms with Crippen molar-refractivity contribution in [3.63, 3.8) is 0 Å². The Morgan fingerprint density at radius 3 is 2.89 bits per heavy atom. The fraction of sp³-hybridized carbons (Fsp3) is 0.385. The molecule has 0 saturated carbocycles. The predicted molar refractivity (Wildman–Crippen MR) is 72.3 cm³/mol. The zero-order valence-corrected chi connectivity index (χ0v) is 11.1. The van der Waals surface area contributed by atoms with Crippen LogP contribution in [0.15, 0.2) is 30.9 Å². The van der Waals surface area contributed by atoms with Gasteiger partial charge in [0, 0.05) is 45.1 Å². The van der Waals surface area contributed by atoms with Crippen molar-refractivity contribution in [1.82, 2.24) is 20.1 Å². The Morgan fingerprint density at radius 1 is 1.39 bits per heavy atom. The summed E-state index contributed by atoms with van der Waals surface area (Å²) < 4.78 is 1.82. The molecule has 0 spiro atoms. The lowest BCUT2D eigenvalue weighted by Gasteiger charge is -2.21. The van der Waals surface area contributed by atoms with Gasteiger partial charge in [0.15, 0.2) is 0 Å². The Balaban J connectivity index is 2.15. The number of anilines is 1. The van der Waals surface area contributed by atoms with E-state index in [4.69, 9.17) is 0 Å². The summed E-state index contributed by atoms with van der Waals surface area (Å²) in [7, 11) is 5.95. The molecule has 0 radical (unpaired) electrons. The molecule has 0 unspecified atom stereocenters. The second-order valence-electron chi connectivity index (χ2n) is 4.41. The van der Waals surface area contributed by atoms with Gasteiger partial charge in [0.2, 0.25) is 0 Å². The van der Waals surface area contributed by atoms with Crippen LogP contribution < -0.4 is 10.2 Å². The van der Waals surface area contributed by atoms with Crippen LogP contribution in [0.5, 0.6) is 0 Å². The van der Waals surface area contributed by atoms with Crippen LogP contribution in [-0.4, -0.2) is 28.9 Å². The maximum absolute atomic E-state index is 4.21. The van der Waals surface area contributed by atoms with Crippen molar-refractivity contribution in [2.24, 2.45) is 7.05 Å². The van der Waals surface area contributed by atoms with Crippen molar-refractivity contribution in [2.45, 2.75) is 13.1 Å². The molecule has 0 aliphatic carbocycles. The summed E-state index contributed by atoms with van der Waals surface area (Å²) in [5.74, 6) is 0. The number of nitrogens with one attached hydrogen (secondary N) is 1. The molecule has 2 rings (SSSR count). The van der Waals surface area contributed by atoms with E-state index in [1.54, 1.807) is 0 Å². The normalized spacial score (nSPS) is 10.6. The summed E-state index contributed by atoms with van der Waals surface area (Å²) in [4.78, 5) is 6.40. The minimum Gasteiger partial charge on any atom is -0.369 e. The molecule has 2 aromatic rings. The summed E-state index contributed by atoms with van der Waals surface area (Å²) in [6.45, 7) is 1.67. The van der Waals surface area contributed by atoms with E-state index in [2.05, 4.69) is 27.3 Å². The molecule has 0 fully saturated rings. The van der Waals surface area contributed by atoms with E-state index in [1.165, 1.54) is 11.1 Å². The molecule has 0 aliphatic rings. The topological polar surface area (TPSA) is 46.0 Å². The summed E-state index contributed by atoms with van der Waals surface area (Å²) in [5.41, 5.74) is 3.59. The van der Waals surface area contributed by atoms with Crippen molar-refractivity contribution >= 4 is 5.69 Å². The van der Waals surface area contributed by atoms with Gasteiger partial charge < -0.3 is 10.2 Å². The Hall–Kier alpha value is -1.88. The number of nitrogens with zero attached hydrogens (tertiary/aromatic N) is 4. The number of hydrogen-bond acceptors (Lipinski definition) is 4. The van der Waals surface area contributed by atoms with Gasteiger partial charge in [-0.25, -0.2) is 0 Å². The molecule has 1 N–H and O–H groups in total. The minimum atomic E-state index is 0.830. The van der Waals surface area contributed by atoms with E-state index >= 15 is 0 Å². The van der Waals surface area contributed by atoms with Crippen LogP contribution in [0, 0.1) is 0 Å². The zero-order valence-electron chi connectivity index (χ0n) is 11.1. The van der Waals surface area contributed by atoms with E-state index in [1.807, 2.05) is 49.6 Å². The standard InChI is InChI=1S/C13H19N5/c1-14-7-12-4-5-15-8-13(12)17(2)9-11-6-16-18(3)10-11/h4-6,8,10,14H,7,9H2,1-3H3. The molecule has 0 amide bonds. The average Bonchev–Trinajstić information content (AvgIpc) is 2.76. The molecule has 0 aliphatic heterocycles. The Morgan fingerprint density at radius 2 is 2.22 bits per heavy atom. The predicted octanol–water partition coefficient (Wildman–Crippen LogP) is 1.17. The van der Waals surface area contributed by atoms with Gasteiger partial charge in [-0.15, -0.1) is 0 Å². The van der Waals surface area contributed by atoms with Crippen molar-refractivity contribution < 1.29 is 0 Å². The minimum absolute atomic E-state index is 0.830. The average molecular weight is 245 g/mol. The molecule has 0 saturated heterocycles. The maximum Gasteiger partial charge on any atom is 0.0598 e. The Kier molecular flexibility index (Phi) is 3.94. The highest BCUT2D eigenvalue weighted by Gasteiger charge is 2.08. The molecular formula is C13H19N5. The van der Waals surface area contributed by atoms with Crippen molar-refractivity contribution in [1.29, 1.82) is 0 Å². The third-order valence-electron chi connectivity index (χ3n) is 2.84. The van der Waals surface area contributed by atoms with Crippen LogP contribution >= 0.6 is 0 Å². The van der Waals surface area contributed by atoms with Gasteiger partial charge in [0.05, 0.1) is 18.1 Å². The highest BCUT2D eigenvalue weighted by Crippen LogP contribution is 2.19. The molecule has 96 valence electrons. The first kappa shape index (κ1) is 12.6. The fourth-order valence-corrected chi connectivity index (χ4v) is 2.01. The monoisotopic (exact) mass is 245 g/mol. The molecule has 0 atom stereocenters. The van der Waals surface area contributed by atoms with E-state index in [0.717, 1.165) is 18.8 Å². The van der Waals surface area contributed by atoms with Gasteiger partial charge >= 0.3 is 0 Å². The third-order valence-corrected chi connectivity index (χ3v) is 2.84. The van der Waals surface area contributed by atoms with Crippen molar-refractivity contribution in [2.75, 3.05) is 19.0 Å². The van der Waals surface area contributed by atoms with Crippen LogP contribution in [0.4, 0.5) is 5.69 Å². The second-order valence-corrected chi connectivity index (χ2v) is 4.41. The van der Waals surface area contributed by atoms with E-state index in [0.29, 0.717) is 0 Å². The third kappa shape index (κ3) is 2.87. The summed E-state index contributed by atoms with van der Waals surface area (Å²) in [6, 6.07) is 2.05. The van der Waals surface area contributed by atoms with Crippen LogP contribution in [0.3, 0.4) is 0 Å². The van der Waals surface area contributed by atoms with Gasteiger partial charge in [0.1, 0.15) is 0 Å². The first-order valence-electron chi connectivity index (χ1n) is 5.97. The van der Waals surface area contributed by atoms with Crippen LogP contribution in [0.1, 0.15) is 11.1 Å². The number of hydrogen-bond donors (Lipinski definition) is 1. The first-order chi connectivity index (χ1) is 8.70. The summed E-state index contributed by atoms with van der Waals surface area (Å²) >= 11 is 0. The maximum atomic E-state index is 4.21. The van der Waals surface area contributed by atoms with Gasteiger partial charge in [-0.1, -0.05) is 0 Å². The second kappa shape index (κ2) is 5.64.